The smallest absolute Gasteiger partial charge is 0.0742 e. The Morgan fingerprint density at radius 3 is 2.93 bits per heavy atom. The van der Waals surface area contributed by atoms with Crippen molar-refractivity contribution in [3.8, 4) is 0 Å². The summed E-state index contributed by atoms with van der Waals surface area (Å²) in [4.78, 5) is 2.90. The number of nitrogens with two attached hydrogens (primary N) is 1. The first kappa shape index (κ1) is 12.6. The number of likely N-dealkylation sites (N-methyl/N-ethyl adjacent to an activating group) is 1. The van der Waals surface area contributed by atoms with Crippen LogP contribution in [0.1, 0.15) is 18.9 Å². The summed E-state index contributed by atoms with van der Waals surface area (Å²) in [5.41, 5.74) is 6.94. The summed E-state index contributed by atoms with van der Waals surface area (Å²) >= 11 is 6.66. The minimum Gasteiger partial charge on any atom is -0.393 e. The number of thiocarbonyl (C=S) groups is 1. The molecule has 1 aromatic rings. The molecule has 4 heteroatoms. The van der Waals surface area contributed by atoms with Crippen molar-refractivity contribution in [3.63, 3.8) is 0 Å². The van der Waals surface area contributed by atoms with Crippen molar-refractivity contribution in [1.82, 2.24) is 4.90 Å². The minimum atomic E-state index is 0.432. The predicted octanol–water partition coefficient (Wildman–Crippen LogP) is 2.29. The molecule has 0 aromatic carbocycles. The third-order valence-electron chi connectivity index (χ3n) is 2.58. The number of thiophene rings is 1. The lowest BCUT2D eigenvalue weighted by molar-refractivity contribution is 0.267. The molecule has 0 aliphatic carbocycles. The van der Waals surface area contributed by atoms with Gasteiger partial charge in [0.25, 0.3) is 0 Å². The van der Waals surface area contributed by atoms with Crippen LogP contribution in [0.3, 0.4) is 0 Å². The molecule has 0 bridgehead atoms. The summed E-state index contributed by atoms with van der Waals surface area (Å²) in [6, 6.07) is 2.61. The van der Waals surface area contributed by atoms with Crippen molar-refractivity contribution in [2.75, 3.05) is 13.6 Å². The number of hydrogen-bond donors (Lipinski definition) is 1. The van der Waals surface area contributed by atoms with Crippen LogP contribution >= 0.6 is 23.6 Å². The van der Waals surface area contributed by atoms with Crippen LogP contribution in [0.15, 0.2) is 16.8 Å². The van der Waals surface area contributed by atoms with Gasteiger partial charge in [-0.2, -0.15) is 11.3 Å². The van der Waals surface area contributed by atoms with Gasteiger partial charge in [0.1, 0.15) is 0 Å². The molecule has 0 aliphatic heterocycles. The molecule has 0 saturated heterocycles. The molecule has 15 heavy (non-hydrogen) atoms. The average molecular weight is 242 g/mol. The van der Waals surface area contributed by atoms with Crippen LogP contribution < -0.4 is 5.73 Å². The van der Waals surface area contributed by atoms with Gasteiger partial charge in [0, 0.05) is 19.0 Å². The van der Waals surface area contributed by atoms with Crippen LogP contribution in [0.2, 0.25) is 0 Å². The Kier molecular flexibility index (Phi) is 5.22. The quantitative estimate of drug-likeness (QED) is 0.776. The molecule has 1 rings (SSSR count). The Morgan fingerprint density at radius 2 is 2.40 bits per heavy atom. The van der Waals surface area contributed by atoms with Crippen molar-refractivity contribution in [1.29, 1.82) is 0 Å². The van der Waals surface area contributed by atoms with Crippen molar-refractivity contribution in [3.05, 3.63) is 22.4 Å². The van der Waals surface area contributed by atoms with Gasteiger partial charge in [0.2, 0.25) is 0 Å². The second kappa shape index (κ2) is 6.20. The first-order chi connectivity index (χ1) is 7.09. The summed E-state index contributed by atoms with van der Waals surface area (Å²) in [5.74, 6) is 0. The van der Waals surface area contributed by atoms with E-state index >= 15 is 0 Å². The first-order valence-electron chi connectivity index (χ1n) is 5.09. The van der Waals surface area contributed by atoms with Gasteiger partial charge in [-0.3, -0.25) is 0 Å². The van der Waals surface area contributed by atoms with Crippen LogP contribution in [0.25, 0.3) is 0 Å². The highest BCUT2D eigenvalue weighted by molar-refractivity contribution is 7.80. The molecule has 1 aromatic heterocycles. The Balaban J connectivity index is 2.29. The van der Waals surface area contributed by atoms with Gasteiger partial charge in [0.15, 0.2) is 0 Å². The fraction of sp³-hybridized carbons (Fsp3) is 0.545. The maximum absolute atomic E-state index is 5.53. The second-order valence-corrected chi connectivity index (χ2v) is 5.19. The molecule has 0 aliphatic rings. The fourth-order valence-electron chi connectivity index (χ4n) is 1.41. The zero-order chi connectivity index (χ0) is 11.3. The van der Waals surface area contributed by atoms with E-state index in [-0.39, 0.29) is 0 Å². The monoisotopic (exact) mass is 242 g/mol. The summed E-state index contributed by atoms with van der Waals surface area (Å²) in [7, 11) is 2.12. The average Bonchev–Trinajstić information content (AvgIpc) is 2.65. The van der Waals surface area contributed by atoms with Gasteiger partial charge < -0.3 is 10.6 Å². The van der Waals surface area contributed by atoms with E-state index < -0.39 is 0 Å². The molecule has 1 unspecified atom stereocenters. The lowest BCUT2D eigenvalue weighted by atomic mass is 10.2. The highest BCUT2D eigenvalue weighted by Crippen LogP contribution is 2.08. The van der Waals surface area contributed by atoms with Crippen LogP contribution in [-0.4, -0.2) is 29.5 Å². The van der Waals surface area contributed by atoms with Crippen molar-refractivity contribution in [2.24, 2.45) is 5.73 Å². The standard InChI is InChI=1S/C11H18N2S2/c1-9(7-11(12)14)13(2)5-3-10-4-6-15-8-10/h4,6,8-9H,3,5,7H2,1-2H3,(H2,12,14). The molecule has 0 amide bonds. The van der Waals surface area contributed by atoms with Crippen molar-refractivity contribution >= 4 is 28.5 Å². The summed E-state index contributed by atoms with van der Waals surface area (Å²) in [5, 5.41) is 4.32. The predicted molar refractivity (Wildman–Crippen MR) is 71.5 cm³/mol. The van der Waals surface area contributed by atoms with E-state index in [4.69, 9.17) is 18.0 Å². The van der Waals surface area contributed by atoms with E-state index in [1.54, 1.807) is 11.3 Å². The zero-order valence-electron chi connectivity index (χ0n) is 9.27. The molecular weight excluding hydrogens is 224 g/mol. The SMILES string of the molecule is CC(CC(N)=S)N(C)CCc1ccsc1. The fourth-order valence-corrected chi connectivity index (χ4v) is 2.35. The van der Waals surface area contributed by atoms with Crippen LogP contribution in [0.5, 0.6) is 0 Å². The molecule has 1 atom stereocenters. The summed E-state index contributed by atoms with van der Waals surface area (Å²) in [6.45, 7) is 3.22. The van der Waals surface area contributed by atoms with Crippen LogP contribution in [-0.2, 0) is 6.42 Å². The molecule has 0 fully saturated rings. The third kappa shape index (κ3) is 4.73. The van der Waals surface area contributed by atoms with Gasteiger partial charge in [-0.25, -0.2) is 0 Å². The normalized spacial score (nSPS) is 13.0. The Morgan fingerprint density at radius 1 is 1.67 bits per heavy atom. The second-order valence-electron chi connectivity index (χ2n) is 3.88. The van der Waals surface area contributed by atoms with Gasteiger partial charge in [-0.15, -0.1) is 0 Å². The minimum absolute atomic E-state index is 0.432. The molecule has 0 radical (unpaired) electrons. The molecular formula is C11H18N2S2. The third-order valence-corrected chi connectivity index (χ3v) is 3.48. The molecule has 2 nitrogen and oxygen atoms in total. The van der Waals surface area contributed by atoms with Gasteiger partial charge in [-0.05, 0) is 42.8 Å². The lowest BCUT2D eigenvalue weighted by Gasteiger charge is -2.23. The van der Waals surface area contributed by atoms with Crippen LogP contribution in [0, 0.1) is 0 Å². The van der Waals surface area contributed by atoms with E-state index in [2.05, 4.69) is 35.7 Å². The van der Waals surface area contributed by atoms with E-state index in [9.17, 15) is 0 Å². The highest BCUT2D eigenvalue weighted by atomic mass is 32.1. The van der Waals surface area contributed by atoms with E-state index in [0.717, 1.165) is 19.4 Å². The van der Waals surface area contributed by atoms with Crippen molar-refractivity contribution < 1.29 is 0 Å². The van der Waals surface area contributed by atoms with Gasteiger partial charge in [-0.1, -0.05) is 12.2 Å². The van der Waals surface area contributed by atoms with E-state index in [1.807, 2.05) is 0 Å². The first-order valence-corrected chi connectivity index (χ1v) is 6.44. The zero-order valence-corrected chi connectivity index (χ0v) is 10.9. The highest BCUT2D eigenvalue weighted by Gasteiger charge is 2.09. The summed E-state index contributed by atoms with van der Waals surface area (Å²) in [6.07, 6.45) is 1.90. The molecule has 84 valence electrons. The molecule has 1 heterocycles. The maximum atomic E-state index is 5.53. The number of nitrogens with zero attached hydrogens (tertiary/aromatic N) is 1. The molecule has 0 spiro atoms. The largest absolute Gasteiger partial charge is 0.393 e. The topological polar surface area (TPSA) is 29.3 Å². The lowest BCUT2D eigenvalue weighted by Crippen LogP contribution is -2.33. The van der Waals surface area contributed by atoms with Crippen molar-refractivity contribution in [2.45, 2.75) is 25.8 Å². The maximum Gasteiger partial charge on any atom is 0.0742 e. The van der Waals surface area contributed by atoms with E-state index in [1.165, 1.54) is 5.56 Å². The number of hydrogen-bond acceptors (Lipinski definition) is 3. The Bertz CT molecular complexity index is 296. The van der Waals surface area contributed by atoms with Gasteiger partial charge in [0.05, 0.1) is 4.99 Å². The van der Waals surface area contributed by atoms with Crippen LogP contribution in [0.4, 0.5) is 0 Å². The number of rotatable bonds is 6. The Labute approximate surface area is 101 Å². The molecule has 2 N–H and O–H groups in total. The Hall–Kier alpha value is -0.450. The van der Waals surface area contributed by atoms with Gasteiger partial charge >= 0.3 is 0 Å². The van der Waals surface area contributed by atoms with E-state index in [0.29, 0.717) is 11.0 Å². The molecule has 0 saturated carbocycles. The summed E-state index contributed by atoms with van der Waals surface area (Å²) < 4.78 is 0.